The van der Waals surface area contributed by atoms with E-state index in [0.29, 0.717) is 6.07 Å². The van der Waals surface area contributed by atoms with E-state index in [1.807, 2.05) is 0 Å². The van der Waals surface area contributed by atoms with Gasteiger partial charge in [-0.1, -0.05) is 0 Å². The minimum Gasteiger partial charge on any atom is -0.507 e. The van der Waals surface area contributed by atoms with Gasteiger partial charge >= 0.3 is 6.18 Å². The molecule has 0 radical (unpaired) electrons. The topological polar surface area (TPSA) is 49.3 Å². The number of carbonyl (C=O) groups is 1. The molecule has 0 saturated carbocycles. The third-order valence-electron chi connectivity index (χ3n) is 1.79. The van der Waals surface area contributed by atoms with Gasteiger partial charge in [-0.25, -0.2) is 0 Å². The van der Waals surface area contributed by atoms with Crippen LogP contribution in [0, 0.1) is 0 Å². The summed E-state index contributed by atoms with van der Waals surface area (Å²) in [7, 11) is 1.34. The Hall–Kier alpha value is -1.72. The van der Waals surface area contributed by atoms with Crippen LogP contribution < -0.4 is 5.32 Å². The zero-order valence-corrected chi connectivity index (χ0v) is 7.72. The number of nitrogens with one attached hydrogen (secondary N) is 1. The lowest BCUT2D eigenvalue weighted by molar-refractivity contribution is -0.138. The van der Waals surface area contributed by atoms with Gasteiger partial charge in [0.2, 0.25) is 0 Å². The largest absolute Gasteiger partial charge is 0.507 e. The zero-order valence-electron chi connectivity index (χ0n) is 7.72. The standard InChI is InChI=1S/C9H8F3NO2/c1-13-8(15)5-2-3-6(7(14)4-5)9(10,11)12/h2-4,14H,1H3,(H,13,15). The van der Waals surface area contributed by atoms with Crippen molar-refractivity contribution in [2.24, 2.45) is 0 Å². The van der Waals surface area contributed by atoms with Gasteiger partial charge in [-0.3, -0.25) is 4.79 Å². The SMILES string of the molecule is CNC(=O)c1ccc(C(F)(F)F)c(O)c1. The maximum atomic E-state index is 12.2. The van der Waals surface area contributed by atoms with Gasteiger partial charge in [0.25, 0.3) is 5.91 Å². The molecule has 0 fully saturated rings. The van der Waals surface area contributed by atoms with Gasteiger partial charge in [0.1, 0.15) is 5.75 Å². The molecular weight excluding hydrogens is 211 g/mol. The average molecular weight is 219 g/mol. The summed E-state index contributed by atoms with van der Waals surface area (Å²) in [6, 6.07) is 2.45. The normalized spacial score (nSPS) is 11.2. The van der Waals surface area contributed by atoms with Crippen molar-refractivity contribution in [1.82, 2.24) is 5.32 Å². The van der Waals surface area contributed by atoms with Crippen molar-refractivity contribution < 1.29 is 23.1 Å². The van der Waals surface area contributed by atoms with E-state index in [1.54, 1.807) is 0 Å². The van der Waals surface area contributed by atoms with E-state index in [9.17, 15) is 18.0 Å². The summed E-state index contributed by atoms with van der Waals surface area (Å²) in [5.41, 5.74) is -1.18. The second-order valence-corrected chi connectivity index (χ2v) is 2.81. The molecule has 0 heterocycles. The summed E-state index contributed by atoms with van der Waals surface area (Å²) in [5, 5.41) is 11.3. The van der Waals surface area contributed by atoms with E-state index in [4.69, 9.17) is 5.11 Å². The number of amides is 1. The molecule has 15 heavy (non-hydrogen) atoms. The maximum absolute atomic E-state index is 12.2. The maximum Gasteiger partial charge on any atom is 0.419 e. The second kappa shape index (κ2) is 3.80. The number of phenols is 1. The quantitative estimate of drug-likeness (QED) is 0.756. The van der Waals surface area contributed by atoms with Gasteiger partial charge in [-0.15, -0.1) is 0 Å². The lowest BCUT2D eigenvalue weighted by atomic mass is 10.1. The van der Waals surface area contributed by atoms with Crippen LogP contribution in [0.15, 0.2) is 18.2 Å². The molecule has 1 amide bonds. The molecule has 1 rings (SSSR count). The number of benzene rings is 1. The Kier molecular flexibility index (Phi) is 2.88. The third kappa shape index (κ3) is 2.39. The van der Waals surface area contributed by atoms with Gasteiger partial charge in [-0.05, 0) is 18.2 Å². The summed E-state index contributed by atoms with van der Waals surface area (Å²) in [6.45, 7) is 0. The number of alkyl halides is 3. The van der Waals surface area contributed by atoms with E-state index < -0.39 is 23.4 Å². The molecule has 0 atom stereocenters. The van der Waals surface area contributed by atoms with E-state index in [-0.39, 0.29) is 5.56 Å². The van der Waals surface area contributed by atoms with Crippen molar-refractivity contribution in [3.05, 3.63) is 29.3 Å². The molecule has 0 aromatic heterocycles. The lowest BCUT2D eigenvalue weighted by Gasteiger charge is -2.09. The fourth-order valence-corrected chi connectivity index (χ4v) is 1.06. The number of carbonyl (C=O) groups excluding carboxylic acids is 1. The molecule has 6 heteroatoms. The Balaban J connectivity index is 3.15. The van der Waals surface area contributed by atoms with E-state index >= 15 is 0 Å². The minimum atomic E-state index is -4.62. The first kappa shape index (κ1) is 11.4. The highest BCUT2D eigenvalue weighted by atomic mass is 19.4. The van der Waals surface area contributed by atoms with Gasteiger partial charge < -0.3 is 10.4 Å². The van der Waals surface area contributed by atoms with Crippen LogP contribution in [0.4, 0.5) is 13.2 Å². The fraction of sp³-hybridized carbons (Fsp3) is 0.222. The van der Waals surface area contributed by atoms with Crippen molar-refractivity contribution in [3.63, 3.8) is 0 Å². The Morgan fingerprint density at radius 2 is 2.00 bits per heavy atom. The summed E-state index contributed by atoms with van der Waals surface area (Å²) >= 11 is 0. The van der Waals surface area contributed by atoms with E-state index in [0.717, 1.165) is 12.1 Å². The van der Waals surface area contributed by atoms with Crippen molar-refractivity contribution in [1.29, 1.82) is 0 Å². The van der Waals surface area contributed by atoms with Crippen LogP contribution in [0.5, 0.6) is 5.75 Å². The Bertz CT molecular complexity index is 387. The summed E-state index contributed by atoms with van der Waals surface area (Å²) in [5.74, 6) is -1.51. The highest BCUT2D eigenvalue weighted by Gasteiger charge is 2.33. The smallest absolute Gasteiger partial charge is 0.419 e. The van der Waals surface area contributed by atoms with Gasteiger partial charge in [0.05, 0.1) is 5.56 Å². The van der Waals surface area contributed by atoms with Gasteiger partial charge in [0, 0.05) is 12.6 Å². The minimum absolute atomic E-state index is 0.0250. The molecule has 0 aliphatic rings. The number of aromatic hydroxyl groups is 1. The molecular formula is C9H8F3NO2. The van der Waals surface area contributed by atoms with E-state index in [2.05, 4.69) is 5.32 Å². The van der Waals surface area contributed by atoms with Gasteiger partial charge in [0.15, 0.2) is 0 Å². The molecule has 3 nitrogen and oxygen atoms in total. The number of rotatable bonds is 1. The highest BCUT2D eigenvalue weighted by Crippen LogP contribution is 2.35. The Morgan fingerprint density at radius 1 is 1.40 bits per heavy atom. The van der Waals surface area contributed by atoms with Crippen LogP contribution in [-0.2, 0) is 6.18 Å². The van der Waals surface area contributed by atoms with Gasteiger partial charge in [-0.2, -0.15) is 13.2 Å². The summed E-state index contributed by atoms with van der Waals surface area (Å²) in [6.07, 6.45) is -4.62. The Morgan fingerprint density at radius 3 is 2.40 bits per heavy atom. The highest BCUT2D eigenvalue weighted by molar-refractivity contribution is 5.94. The Labute approximate surface area is 83.5 Å². The molecule has 2 N–H and O–H groups in total. The summed E-state index contributed by atoms with van der Waals surface area (Å²) < 4.78 is 36.6. The molecule has 1 aromatic carbocycles. The number of halogens is 3. The molecule has 0 aliphatic carbocycles. The van der Waals surface area contributed by atoms with Crippen LogP contribution >= 0.6 is 0 Å². The van der Waals surface area contributed by atoms with Crippen LogP contribution in [0.25, 0.3) is 0 Å². The van der Waals surface area contributed by atoms with Crippen molar-refractivity contribution >= 4 is 5.91 Å². The fourth-order valence-electron chi connectivity index (χ4n) is 1.06. The molecule has 0 bridgehead atoms. The first-order valence-corrected chi connectivity index (χ1v) is 3.98. The first-order chi connectivity index (χ1) is 6.86. The monoisotopic (exact) mass is 219 g/mol. The number of hydrogen-bond acceptors (Lipinski definition) is 2. The van der Waals surface area contributed by atoms with Crippen LogP contribution in [0.3, 0.4) is 0 Å². The predicted octanol–water partition coefficient (Wildman–Crippen LogP) is 1.77. The van der Waals surface area contributed by atoms with Crippen LogP contribution in [0.2, 0.25) is 0 Å². The zero-order chi connectivity index (χ0) is 11.6. The van der Waals surface area contributed by atoms with Crippen molar-refractivity contribution in [2.75, 3.05) is 7.05 Å². The molecule has 1 aromatic rings. The number of hydrogen-bond donors (Lipinski definition) is 2. The molecule has 0 spiro atoms. The third-order valence-corrected chi connectivity index (χ3v) is 1.79. The molecule has 0 unspecified atom stereocenters. The predicted molar refractivity (Wildman–Crippen MR) is 46.5 cm³/mol. The lowest BCUT2D eigenvalue weighted by Crippen LogP contribution is -2.18. The van der Waals surface area contributed by atoms with Crippen LogP contribution in [0.1, 0.15) is 15.9 Å². The molecule has 82 valence electrons. The first-order valence-electron chi connectivity index (χ1n) is 3.98. The number of phenolic OH excluding ortho intramolecular Hbond substituents is 1. The summed E-state index contributed by atoms with van der Waals surface area (Å²) in [4.78, 5) is 11.0. The second-order valence-electron chi connectivity index (χ2n) is 2.81. The van der Waals surface area contributed by atoms with Crippen molar-refractivity contribution in [2.45, 2.75) is 6.18 Å². The average Bonchev–Trinajstić information content (AvgIpc) is 2.14. The van der Waals surface area contributed by atoms with E-state index in [1.165, 1.54) is 7.05 Å². The molecule has 0 saturated heterocycles. The van der Waals surface area contributed by atoms with Crippen LogP contribution in [-0.4, -0.2) is 18.1 Å². The molecule has 0 aliphatic heterocycles. The van der Waals surface area contributed by atoms with Crippen molar-refractivity contribution in [3.8, 4) is 5.75 Å².